The maximum Gasteiger partial charge on any atom is 0.419 e. The molecule has 1 fully saturated rings. The van der Waals surface area contributed by atoms with E-state index in [1.807, 2.05) is 0 Å². The summed E-state index contributed by atoms with van der Waals surface area (Å²) < 4.78 is 49.2. The molecule has 2 unspecified atom stereocenters. The first-order chi connectivity index (χ1) is 11.8. The third kappa shape index (κ3) is 5.61. The van der Waals surface area contributed by atoms with E-state index in [0.29, 0.717) is 13.2 Å². The monoisotopic (exact) mass is 360 g/mol. The molecule has 1 amide bonds. The Morgan fingerprint density at radius 1 is 1.36 bits per heavy atom. The number of carbonyl (C=O) groups is 1. The second kappa shape index (κ2) is 8.53. The number of hydrogen-bond acceptors (Lipinski definition) is 4. The molecule has 2 atom stereocenters. The van der Waals surface area contributed by atoms with Gasteiger partial charge in [-0.3, -0.25) is 4.79 Å². The van der Waals surface area contributed by atoms with Gasteiger partial charge in [-0.15, -0.1) is 0 Å². The highest BCUT2D eigenvalue weighted by atomic mass is 19.4. The van der Waals surface area contributed by atoms with Crippen molar-refractivity contribution in [1.29, 1.82) is 0 Å². The average Bonchev–Trinajstić information content (AvgIpc) is 2.59. The van der Waals surface area contributed by atoms with Crippen LogP contribution in [0, 0.1) is 5.92 Å². The van der Waals surface area contributed by atoms with E-state index < -0.39 is 23.8 Å². The summed E-state index contributed by atoms with van der Waals surface area (Å²) in [5.41, 5.74) is 5.13. The van der Waals surface area contributed by atoms with E-state index in [9.17, 15) is 18.0 Å². The normalized spacial score (nSPS) is 18.4. The molecule has 0 aliphatic carbocycles. The van der Waals surface area contributed by atoms with Gasteiger partial charge in [-0.25, -0.2) is 0 Å². The molecule has 1 aromatic carbocycles. The SMILES string of the molecule is CC(COc1ccccc1C(F)(F)F)NC(=O)C(N)C1CCOCC1. The number of nitrogens with one attached hydrogen (secondary N) is 1. The van der Waals surface area contributed by atoms with Crippen molar-refractivity contribution >= 4 is 5.91 Å². The van der Waals surface area contributed by atoms with Crippen LogP contribution >= 0.6 is 0 Å². The minimum Gasteiger partial charge on any atom is -0.491 e. The molecule has 0 spiro atoms. The van der Waals surface area contributed by atoms with E-state index in [4.69, 9.17) is 15.2 Å². The van der Waals surface area contributed by atoms with E-state index in [1.54, 1.807) is 6.92 Å². The Hall–Kier alpha value is -1.80. The van der Waals surface area contributed by atoms with Crippen LogP contribution in [0.15, 0.2) is 24.3 Å². The van der Waals surface area contributed by atoms with Gasteiger partial charge < -0.3 is 20.5 Å². The van der Waals surface area contributed by atoms with Crippen LogP contribution < -0.4 is 15.8 Å². The zero-order chi connectivity index (χ0) is 18.4. The number of rotatable bonds is 6. The molecule has 0 radical (unpaired) electrons. The summed E-state index contributed by atoms with van der Waals surface area (Å²) in [5.74, 6) is -0.537. The highest BCUT2D eigenvalue weighted by molar-refractivity contribution is 5.82. The second-order valence-electron chi connectivity index (χ2n) is 6.19. The van der Waals surface area contributed by atoms with Gasteiger partial charge in [0.1, 0.15) is 12.4 Å². The molecule has 5 nitrogen and oxygen atoms in total. The number of amides is 1. The fraction of sp³-hybridized carbons (Fsp3) is 0.588. The van der Waals surface area contributed by atoms with Gasteiger partial charge >= 0.3 is 6.18 Å². The fourth-order valence-corrected chi connectivity index (χ4v) is 2.71. The lowest BCUT2D eigenvalue weighted by Crippen LogP contribution is -2.50. The van der Waals surface area contributed by atoms with E-state index in [1.165, 1.54) is 18.2 Å². The van der Waals surface area contributed by atoms with Gasteiger partial charge in [-0.05, 0) is 37.8 Å². The van der Waals surface area contributed by atoms with Crippen molar-refractivity contribution in [3.8, 4) is 5.75 Å². The predicted molar refractivity (Wildman–Crippen MR) is 86.1 cm³/mol. The Kier molecular flexibility index (Phi) is 6.66. The van der Waals surface area contributed by atoms with Crippen LogP contribution in [0.2, 0.25) is 0 Å². The Morgan fingerprint density at radius 2 is 2.00 bits per heavy atom. The number of para-hydroxylation sites is 1. The van der Waals surface area contributed by atoms with Crippen molar-refractivity contribution in [3.63, 3.8) is 0 Å². The molecule has 0 bridgehead atoms. The molecule has 1 heterocycles. The molecule has 3 N–H and O–H groups in total. The topological polar surface area (TPSA) is 73.6 Å². The van der Waals surface area contributed by atoms with Crippen molar-refractivity contribution in [2.75, 3.05) is 19.8 Å². The van der Waals surface area contributed by atoms with Gasteiger partial charge in [0, 0.05) is 13.2 Å². The van der Waals surface area contributed by atoms with Gasteiger partial charge in [-0.1, -0.05) is 12.1 Å². The molecular formula is C17H23F3N2O3. The fourth-order valence-electron chi connectivity index (χ4n) is 2.71. The van der Waals surface area contributed by atoms with Crippen LogP contribution in [0.4, 0.5) is 13.2 Å². The highest BCUT2D eigenvalue weighted by Crippen LogP contribution is 2.35. The van der Waals surface area contributed by atoms with Crippen molar-refractivity contribution in [2.45, 2.75) is 38.0 Å². The first kappa shape index (κ1) is 19.5. The van der Waals surface area contributed by atoms with E-state index >= 15 is 0 Å². The molecule has 25 heavy (non-hydrogen) atoms. The van der Waals surface area contributed by atoms with E-state index in [2.05, 4.69) is 5.32 Å². The molecule has 1 saturated heterocycles. The Bertz CT molecular complexity index is 575. The van der Waals surface area contributed by atoms with Crippen LogP contribution in [0.25, 0.3) is 0 Å². The molecule has 8 heteroatoms. The summed E-state index contributed by atoms with van der Waals surface area (Å²) in [6.07, 6.45) is -3.05. The third-order valence-electron chi connectivity index (χ3n) is 4.15. The van der Waals surface area contributed by atoms with Gasteiger partial charge in [0.15, 0.2) is 0 Å². The standard InChI is InChI=1S/C17H23F3N2O3/c1-11(22-16(23)15(21)12-6-8-24-9-7-12)10-25-14-5-3-2-4-13(14)17(18,19)20/h2-5,11-12,15H,6-10,21H2,1H3,(H,22,23). The average molecular weight is 360 g/mol. The largest absolute Gasteiger partial charge is 0.491 e. The van der Waals surface area contributed by atoms with Gasteiger partial charge in [0.2, 0.25) is 5.91 Å². The number of hydrogen-bond donors (Lipinski definition) is 2. The summed E-state index contributed by atoms with van der Waals surface area (Å²) >= 11 is 0. The molecule has 1 aliphatic heterocycles. The summed E-state index contributed by atoms with van der Waals surface area (Å²) in [7, 11) is 0. The number of alkyl halides is 3. The number of benzene rings is 1. The summed E-state index contributed by atoms with van der Waals surface area (Å²) in [6.45, 7) is 2.74. The predicted octanol–water partition coefficient (Wildman–Crippen LogP) is 2.34. The van der Waals surface area contributed by atoms with Gasteiger partial charge in [0.25, 0.3) is 0 Å². The van der Waals surface area contributed by atoms with Crippen molar-refractivity contribution in [3.05, 3.63) is 29.8 Å². The molecule has 0 aromatic heterocycles. The lowest BCUT2D eigenvalue weighted by Gasteiger charge is -2.27. The lowest BCUT2D eigenvalue weighted by atomic mass is 9.92. The Labute approximate surface area is 144 Å². The number of nitrogens with two attached hydrogens (primary N) is 1. The maximum absolute atomic E-state index is 12.9. The van der Waals surface area contributed by atoms with E-state index in [0.717, 1.165) is 18.9 Å². The van der Waals surface area contributed by atoms with Crippen molar-refractivity contribution < 1.29 is 27.4 Å². The second-order valence-corrected chi connectivity index (χ2v) is 6.19. The molecule has 140 valence electrons. The van der Waals surface area contributed by atoms with Crippen LogP contribution in [0.1, 0.15) is 25.3 Å². The molecule has 1 aromatic rings. The van der Waals surface area contributed by atoms with Gasteiger partial charge in [-0.2, -0.15) is 13.2 Å². The van der Waals surface area contributed by atoms with Gasteiger partial charge in [0.05, 0.1) is 17.6 Å². The van der Waals surface area contributed by atoms with Crippen LogP contribution in [-0.4, -0.2) is 37.8 Å². The molecular weight excluding hydrogens is 337 g/mol. The minimum absolute atomic E-state index is 0.0489. The van der Waals surface area contributed by atoms with Crippen molar-refractivity contribution in [1.82, 2.24) is 5.32 Å². The summed E-state index contributed by atoms with van der Waals surface area (Å²) in [5, 5.41) is 2.69. The molecule has 1 aliphatic rings. The molecule has 0 saturated carbocycles. The number of carbonyl (C=O) groups excluding carboxylic acids is 1. The number of halogens is 3. The maximum atomic E-state index is 12.9. The Balaban J connectivity index is 1.86. The minimum atomic E-state index is -4.49. The summed E-state index contributed by atoms with van der Waals surface area (Å²) in [6, 6.07) is 3.85. The van der Waals surface area contributed by atoms with Crippen LogP contribution in [0.5, 0.6) is 5.75 Å². The van der Waals surface area contributed by atoms with Crippen molar-refractivity contribution in [2.24, 2.45) is 11.7 Å². The first-order valence-electron chi connectivity index (χ1n) is 8.21. The summed E-state index contributed by atoms with van der Waals surface area (Å²) in [4.78, 5) is 12.2. The quantitative estimate of drug-likeness (QED) is 0.817. The Morgan fingerprint density at radius 3 is 2.64 bits per heavy atom. The van der Waals surface area contributed by atoms with Crippen LogP contribution in [0.3, 0.4) is 0 Å². The lowest BCUT2D eigenvalue weighted by molar-refractivity contribution is -0.139. The smallest absolute Gasteiger partial charge is 0.419 e. The third-order valence-corrected chi connectivity index (χ3v) is 4.15. The zero-order valence-electron chi connectivity index (χ0n) is 14.0. The molecule has 2 rings (SSSR count). The van der Waals surface area contributed by atoms with E-state index in [-0.39, 0.29) is 24.2 Å². The number of ether oxygens (including phenoxy) is 2. The van der Waals surface area contributed by atoms with Crippen LogP contribution in [-0.2, 0) is 15.7 Å². The highest BCUT2D eigenvalue weighted by Gasteiger charge is 2.34. The zero-order valence-corrected chi connectivity index (χ0v) is 14.0. The first-order valence-corrected chi connectivity index (χ1v) is 8.21.